The smallest absolute Gasteiger partial charge is 0.397 e. The lowest BCUT2D eigenvalue weighted by Gasteiger charge is -2.33. The molecule has 0 saturated heterocycles. The van der Waals surface area contributed by atoms with Crippen LogP contribution in [0.2, 0.25) is 15.1 Å². The van der Waals surface area contributed by atoms with Gasteiger partial charge in [-0.25, -0.2) is 0 Å². The van der Waals surface area contributed by atoms with Gasteiger partial charge in [0, 0.05) is 29.7 Å². The number of halogens is 6. The summed E-state index contributed by atoms with van der Waals surface area (Å²) in [6.07, 6.45) is -4.02. The molecule has 1 saturated carbocycles. The lowest BCUT2D eigenvalue weighted by atomic mass is 9.88. The molecule has 3 aromatic rings. The number of rotatable bonds is 14. The molecular weight excluding hydrogens is 718 g/mol. The Morgan fingerprint density at radius 3 is 2.30 bits per heavy atom. The van der Waals surface area contributed by atoms with Gasteiger partial charge < -0.3 is 30.1 Å². The van der Waals surface area contributed by atoms with E-state index >= 15 is 0 Å². The van der Waals surface area contributed by atoms with Gasteiger partial charge in [0.2, 0.25) is 5.91 Å². The molecule has 0 spiro atoms. The van der Waals surface area contributed by atoms with Crippen molar-refractivity contribution in [3.8, 4) is 11.5 Å². The minimum Gasteiger partial charge on any atom is -0.490 e. The summed E-state index contributed by atoms with van der Waals surface area (Å²) < 4.78 is 49.4. The topological polar surface area (TPSA) is 100 Å². The van der Waals surface area contributed by atoms with E-state index in [0.29, 0.717) is 56.2 Å². The van der Waals surface area contributed by atoms with Gasteiger partial charge in [0.05, 0.1) is 22.7 Å². The molecule has 2 amide bonds. The zero-order valence-electron chi connectivity index (χ0n) is 27.2. The number of hydrogen-bond acceptors (Lipinski definition) is 6. The van der Waals surface area contributed by atoms with E-state index in [-0.39, 0.29) is 44.9 Å². The average Bonchev–Trinajstić information content (AvgIpc) is 3.91. The molecular formula is C36H37Cl3F3N3O5. The van der Waals surface area contributed by atoms with Crippen LogP contribution in [0.25, 0.3) is 5.57 Å². The average molecular weight is 755 g/mol. The molecule has 0 radical (unpaired) electrons. The normalized spacial score (nSPS) is 16.3. The maximum atomic E-state index is 14.4. The lowest BCUT2D eigenvalue weighted by Crippen LogP contribution is -2.46. The van der Waals surface area contributed by atoms with Gasteiger partial charge in [0.1, 0.15) is 25.4 Å². The van der Waals surface area contributed by atoms with Gasteiger partial charge in [0.15, 0.2) is 5.75 Å². The number of carbonyl (C=O) groups is 2. The highest BCUT2D eigenvalue weighted by Gasteiger charge is 2.38. The summed E-state index contributed by atoms with van der Waals surface area (Å²) in [6, 6.07) is 15.2. The van der Waals surface area contributed by atoms with Crippen LogP contribution < -0.4 is 20.1 Å². The number of benzene rings is 3. The van der Waals surface area contributed by atoms with Crippen molar-refractivity contribution < 1.29 is 37.3 Å². The van der Waals surface area contributed by atoms with E-state index < -0.39 is 24.5 Å². The van der Waals surface area contributed by atoms with Crippen molar-refractivity contribution in [2.75, 3.05) is 26.4 Å². The van der Waals surface area contributed by atoms with Crippen molar-refractivity contribution in [3.05, 3.63) is 97.5 Å². The fourth-order valence-electron chi connectivity index (χ4n) is 5.83. The number of nitrogens with zero attached hydrogens (tertiary/aromatic N) is 1. The SMILES string of the molecule is Cc1cc(Cl)c(OCCOc2ccc(C3=C(C(=O)N(Cc4cc(CNC(=O)CC(F)(F)F)ccc4Cl)C4CC4)C(CO)NCC3)cc2)c(Cl)c1. The largest absolute Gasteiger partial charge is 0.490 e. The van der Waals surface area contributed by atoms with Gasteiger partial charge in [-0.2, -0.15) is 13.2 Å². The molecule has 0 aromatic heterocycles. The first kappa shape index (κ1) is 37.8. The predicted octanol–water partition coefficient (Wildman–Crippen LogP) is 7.28. The maximum Gasteiger partial charge on any atom is 0.397 e. The van der Waals surface area contributed by atoms with Crippen LogP contribution in [-0.4, -0.2) is 66.4 Å². The fraction of sp³-hybridized carbons (Fsp3) is 0.389. The van der Waals surface area contributed by atoms with Gasteiger partial charge >= 0.3 is 6.18 Å². The van der Waals surface area contributed by atoms with Crippen LogP contribution in [0.4, 0.5) is 13.2 Å². The molecule has 5 rings (SSSR count). The van der Waals surface area contributed by atoms with Crippen LogP contribution in [0.3, 0.4) is 0 Å². The molecule has 268 valence electrons. The van der Waals surface area contributed by atoms with E-state index in [0.717, 1.165) is 29.5 Å². The molecule has 1 unspecified atom stereocenters. The highest BCUT2D eigenvalue weighted by molar-refractivity contribution is 6.37. The van der Waals surface area contributed by atoms with Crippen molar-refractivity contribution in [1.29, 1.82) is 0 Å². The third-order valence-corrected chi connectivity index (χ3v) is 9.28. The number of hydrogen-bond donors (Lipinski definition) is 3. The Morgan fingerprint density at radius 1 is 0.980 bits per heavy atom. The van der Waals surface area contributed by atoms with Gasteiger partial charge in [-0.1, -0.05) is 59.1 Å². The Morgan fingerprint density at radius 2 is 1.66 bits per heavy atom. The van der Waals surface area contributed by atoms with Crippen LogP contribution in [-0.2, 0) is 22.7 Å². The minimum atomic E-state index is -4.60. The molecule has 8 nitrogen and oxygen atoms in total. The highest BCUT2D eigenvalue weighted by Crippen LogP contribution is 2.36. The second-order valence-corrected chi connectivity index (χ2v) is 13.5. The Kier molecular flexibility index (Phi) is 12.6. The third-order valence-electron chi connectivity index (χ3n) is 8.35. The molecule has 0 bridgehead atoms. The van der Waals surface area contributed by atoms with Crippen LogP contribution in [0, 0.1) is 6.92 Å². The van der Waals surface area contributed by atoms with E-state index in [2.05, 4.69) is 10.6 Å². The van der Waals surface area contributed by atoms with Crippen LogP contribution in [0.15, 0.2) is 60.2 Å². The Balaban J connectivity index is 1.29. The van der Waals surface area contributed by atoms with Crippen molar-refractivity contribution in [3.63, 3.8) is 0 Å². The number of amides is 2. The van der Waals surface area contributed by atoms with Crippen molar-refractivity contribution in [2.45, 2.75) is 64.0 Å². The molecule has 50 heavy (non-hydrogen) atoms. The number of aliphatic hydroxyl groups excluding tert-OH is 1. The van der Waals surface area contributed by atoms with Gasteiger partial charge in [-0.3, -0.25) is 9.59 Å². The number of aryl methyl sites for hydroxylation is 1. The molecule has 2 aliphatic rings. The van der Waals surface area contributed by atoms with Crippen molar-refractivity contribution in [1.82, 2.24) is 15.5 Å². The van der Waals surface area contributed by atoms with Crippen LogP contribution in [0.5, 0.6) is 11.5 Å². The van der Waals surface area contributed by atoms with E-state index in [1.54, 1.807) is 35.2 Å². The van der Waals surface area contributed by atoms with Crippen molar-refractivity contribution in [2.24, 2.45) is 0 Å². The summed E-state index contributed by atoms with van der Waals surface area (Å²) in [7, 11) is 0. The minimum absolute atomic E-state index is 0.0357. The van der Waals surface area contributed by atoms with Gasteiger partial charge in [-0.15, -0.1) is 0 Å². The summed E-state index contributed by atoms with van der Waals surface area (Å²) in [5.41, 5.74) is 4.16. The Labute approximate surface area is 303 Å². The van der Waals surface area contributed by atoms with E-state index in [1.165, 1.54) is 0 Å². The van der Waals surface area contributed by atoms with Crippen molar-refractivity contribution >= 4 is 52.2 Å². The maximum absolute atomic E-state index is 14.4. The summed E-state index contributed by atoms with van der Waals surface area (Å²) in [6.45, 7) is 2.65. The van der Waals surface area contributed by atoms with E-state index in [1.807, 2.05) is 31.2 Å². The predicted molar refractivity (Wildman–Crippen MR) is 187 cm³/mol. The molecule has 1 fully saturated rings. The van der Waals surface area contributed by atoms with E-state index in [9.17, 15) is 27.9 Å². The number of aliphatic hydroxyl groups is 1. The lowest BCUT2D eigenvalue weighted by molar-refractivity contribution is -0.153. The molecule has 1 atom stereocenters. The molecule has 1 heterocycles. The third kappa shape index (κ3) is 10.1. The number of carbonyl (C=O) groups excluding carboxylic acids is 2. The Bertz CT molecular complexity index is 1710. The molecule has 3 N–H and O–H groups in total. The summed E-state index contributed by atoms with van der Waals surface area (Å²) in [5, 5.41) is 17.1. The standard InChI is InChI=1S/C36H37Cl3F3N3O5/c1-21-14-29(38)34(30(39)15-21)50-13-12-49-26-7-3-23(4-8-26)27-10-11-43-31(20-46)33(27)35(48)45(25-5-6-25)19-24-16-22(2-9-28(24)37)18-44-32(47)17-36(40,41)42/h2-4,7-9,14-16,25,31,43,46H,5-6,10-13,17-20H2,1H3,(H,44,47). The number of alkyl halides is 3. The molecule has 3 aromatic carbocycles. The van der Waals surface area contributed by atoms with Crippen LogP contribution >= 0.6 is 34.8 Å². The second-order valence-electron chi connectivity index (χ2n) is 12.3. The number of nitrogens with one attached hydrogen (secondary N) is 2. The Hall–Kier alpha value is -3.48. The van der Waals surface area contributed by atoms with E-state index in [4.69, 9.17) is 44.3 Å². The molecule has 1 aliphatic heterocycles. The first-order valence-corrected chi connectivity index (χ1v) is 17.3. The van der Waals surface area contributed by atoms with Crippen LogP contribution in [0.1, 0.15) is 47.9 Å². The van der Waals surface area contributed by atoms with Gasteiger partial charge in [-0.05, 0) is 90.9 Å². The molecule has 1 aliphatic carbocycles. The zero-order valence-corrected chi connectivity index (χ0v) is 29.5. The monoisotopic (exact) mass is 753 g/mol. The quantitative estimate of drug-likeness (QED) is 0.150. The fourth-order valence-corrected chi connectivity index (χ4v) is 6.71. The first-order chi connectivity index (χ1) is 23.8. The summed E-state index contributed by atoms with van der Waals surface area (Å²) in [4.78, 5) is 27.8. The summed E-state index contributed by atoms with van der Waals surface area (Å²) in [5.74, 6) is -0.372. The first-order valence-electron chi connectivity index (χ1n) is 16.1. The molecule has 14 heteroatoms. The van der Waals surface area contributed by atoms with Gasteiger partial charge in [0.25, 0.3) is 5.91 Å². The highest BCUT2D eigenvalue weighted by atomic mass is 35.5. The second kappa shape index (κ2) is 16.7. The zero-order chi connectivity index (χ0) is 36.0. The number of ether oxygens (including phenoxy) is 2. The summed E-state index contributed by atoms with van der Waals surface area (Å²) >= 11 is 19.0.